The Bertz CT molecular complexity index is 7740. The van der Waals surface area contributed by atoms with Crippen LogP contribution in [-0.2, 0) is 35.3 Å². The summed E-state index contributed by atoms with van der Waals surface area (Å²) in [4.78, 5) is 51.7. The number of hydrogen-bond donors (Lipinski definition) is 4. The number of halogens is 4. The van der Waals surface area contributed by atoms with Crippen LogP contribution in [0.5, 0.6) is 0 Å². The Hall–Kier alpha value is -14.9. The lowest BCUT2D eigenvalue weighted by atomic mass is 9.82. The van der Waals surface area contributed by atoms with Crippen molar-refractivity contribution in [2.45, 2.75) is 51.0 Å². The minimum atomic E-state index is 0. The van der Waals surface area contributed by atoms with Crippen LogP contribution >= 0.6 is 60.2 Å². The Balaban J connectivity index is 0.000000114. The van der Waals surface area contributed by atoms with Gasteiger partial charge in [0.15, 0.2) is 11.6 Å². The van der Waals surface area contributed by atoms with Crippen molar-refractivity contribution in [1.82, 2.24) is 24.8 Å². The van der Waals surface area contributed by atoms with Crippen LogP contribution in [0.25, 0.3) is 122 Å². The molecule has 1 atom stereocenters. The van der Waals surface area contributed by atoms with Crippen molar-refractivity contribution in [3.63, 3.8) is 0 Å². The third-order valence-corrected chi connectivity index (χ3v) is 25.8. The van der Waals surface area contributed by atoms with Gasteiger partial charge in [0.05, 0.1) is 22.2 Å². The minimum Gasteiger partial charge on any atom is -0.384 e. The van der Waals surface area contributed by atoms with Gasteiger partial charge in [-0.3, -0.25) is 24.8 Å². The quantitative estimate of drug-likeness (QED) is 0.0366. The van der Waals surface area contributed by atoms with E-state index in [2.05, 4.69) is 317 Å². The first-order chi connectivity index (χ1) is 65.3. The van der Waals surface area contributed by atoms with Crippen molar-refractivity contribution in [1.29, 1.82) is 5.41 Å². The summed E-state index contributed by atoms with van der Waals surface area (Å²) >= 11 is 10.3. The number of rotatable bonds is 9. The number of Topliss-reactive ketones (excluding diaryl/α,β-unsaturated/α-hetero) is 2. The highest BCUT2D eigenvalue weighted by Gasteiger charge is 2.32. The fraction of sp³-hybridized carbons (Fsp3) is 0.0672. The van der Waals surface area contributed by atoms with Gasteiger partial charge in [0.25, 0.3) is 0 Å². The fourth-order valence-corrected chi connectivity index (χ4v) is 18.4. The molecule has 0 saturated carbocycles. The predicted octanol–water partition coefficient (Wildman–Crippen LogP) is 30.0. The van der Waals surface area contributed by atoms with Crippen molar-refractivity contribution in [2.24, 2.45) is 10.7 Å². The number of ketones is 2. The molecular weight excluding hydrogens is 1860 g/mol. The summed E-state index contributed by atoms with van der Waals surface area (Å²) < 4.78 is 5.48. The number of aromatic amines is 1. The van der Waals surface area contributed by atoms with Gasteiger partial charge in [-0.2, -0.15) is 0 Å². The number of carbonyl (C=O) groups is 3. The summed E-state index contributed by atoms with van der Waals surface area (Å²) in [6.45, 7) is 0. The number of carbonyl (C=O) groups excluding carboxylic acids is 3. The van der Waals surface area contributed by atoms with Crippen LogP contribution in [0.4, 0.5) is 0 Å². The Morgan fingerprint density at radius 3 is 1.59 bits per heavy atom. The van der Waals surface area contributed by atoms with Gasteiger partial charge in [0.1, 0.15) is 29.8 Å². The van der Waals surface area contributed by atoms with Crippen molar-refractivity contribution in [2.75, 3.05) is 0 Å². The first kappa shape index (κ1) is 91.0. The van der Waals surface area contributed by atoms with Gasteiger partial charge in [-0.05, 0) is 189 Å². The van der Waals surface area contributed by atoms with E-state index in [4.69, 9.17) is 26.1 Å². The van der Waals surface area contributed by atoms with Crippen molar-refractivity contribution in [3.05, 3.63) is 499 Å². The second-order valence-electron chi connectivity index (χ2n) is 32.8. The van der Waals surface area contributed by atoms with E-state index in [0.29, 0.717) is 18.6 Å². The topological polar surface area (TPSA) is 172 Å². The molecule has 15 heteroatoms. The zero-order chi connectivity index (χ0) is 90.9. The number of hydrogen-bond acceptors (Lipinski definition) is 8. The van der Waals surface area contributed by atoms with Crippen LogP contribution in [0.3, 0.4) is 0 Å². The molecule has 0 fully saturated rings. The maximum atomic E-state index is 12.1. The molecule has 4 heterocycles. The second-order valence-corrected chi connectivity index (χ2v) is 35.5. The molecule has 0 saturated heterocycles. The molecule has 11 nitrogen and oxygen atoms in total. The number of aromatic nitrogens is 4. The van der Waals surface area contributed by atoms with Crippen LogP contribution in [0.15, 0.2) is 443 Å². The molecule has 0 amide bonds. The van der Waals surface area contributed by atoms with Gasteiger partial charge in [0.2, 0.25) is 0 Å². The standard InChI is InChI=1S/C30H20N2.C24H19BrN2.C24H15BrN2.C17H14O.C10H10O.C7H7BrN2.C7H6O.ClH/c1-2-8-22(9-3-1)32-29-13-7-5-11-24(29)26-19-21(15-17-30(26)32)20-14-16-28-25(18-20)23-10-4-6-12-27(23)31-28;2*25-19-13-10-18(11-14-19)24-26-21-15-12-16-6-4-5-9-20(16)22(21)23(27-24)17-7-2-1-3-8-17;18-17-11-10-14-8-4-5-9-15(14)16(17)12-13-6-2-1-3-7-13;11-10-6-5-8-3-1-2-4-9(8)7-10;8-6-3-1-5(2-4-6)7(9)10;8-6-7-4-2-1-3-5-7;/h1-19,31H;1-11,13-14,23H,12,15H2,(H,26,27);1-15H;1-9,12H,10-11H2;1-4H,5-7H2;1-4H,(H3,9,10);1-6H;1H/b;;;16-12+;;;;. The number of para-hydroxylation sites is 3. The Morgan fingerprint density at radius 1 is 0.410 bits per heavy atom. The molecule has 134 heavy (non-hydrogen) atoms. The number of allylic oxidation sites excluding steroid dienone is 2. The zero-order valence-corrected chi connectivity index (χ0v) is 78.7. The number of nitrogens with one attached hydrogen (secondary N) is 3. The highest BCUT2D eigenvalue weighted by atomic mass is 79.9. The third-order valence-electron chi connectivity index (χ3n) is 24.2. The average molecular weight is 1960 g/mol. The van der Waals surface area contributed by atoms with Crippen molar-refractivity contribution in [3.8, 4) is 39.5 Å². The van der Waals surface area contributed by atoms with Gasteiger partial charge in [-0.1, -0.05) is 375 Å². The zero-order valence-electron chi connectivity index (χ0n) is 73.2. The molecule has 1 aliphatic heterocycles. The van der Waals surface area contributed by atoms with Gasteiger partial charge >= 0.3 is 0 Å². The van der Waals surface area contributed by atoms with Crippen LogP contribution in [-0.4, -0.2) is 49.0 Å². The molecule has 0 radical (unpaired) electrons. The SMILES string of the molecule is Brc1ccc(-c2nc(-c3ccccc3)c3c(ccc4ccccc43)n2)cc1.Brc1ccc(C2=NC(c3ccccc3)C3=C(CCc4ccccc43)N2)cc1.Cl.N=C(N)c1ccc(Br)cc1.O=C1CCc2ccccc2/C1=C\c1ccccc1.O=C1CCc2ccccc2C1.O=Cc1ccccc1.c1ccc(-n2c3ccccc3c3cc(-c4ccc5[nH]c6ccccc6c5c4)ccc32)cc1. The predicted molar refractivity (Wildman–Crippen MR) is 568 cm³/mol. The van der Waals surface area contributed by atoms with Crippen LogP contribution < -0.4 is 11.1 Å². The smallest absolute Gasteiger partial charge is 0.163 e. The summed E-state index contributed by atoms with van der Waals surface area (Å²) in [6, 6.07) is 143. The number of aliphatic imine (C=N–C) groups is 1. The Morgan fingerprint density at radius 2 is 0.918 bits per heavy atom. The summed E-state index contributed by atoms with van der Waals surface area (Å²) in [7, 11) is 0. The minimum absolute atomic E-state index is 0. The maximum Gasteiger partial charge on any atom is 0.163 e. The molecule has 20 aromatic rings. The summed E-state index contributed by atoms with van der Waals surface area (Å²) in [5.41, 5.74) is 33.8. The average Bonchev–Trinajstić information content (AvgIpc) is 1.45. The largest absolute Gasteiger partial charge is 0.384 e. The number of nitrogens with zero attached hydrogens (tertiary/aromatic N) is 4. The van der Waals surface area contributed by atoms with Crippen molar-refractivity contribution >= 4 is 172 Å². The molecule has 654 valence electrons. The normalized spacial score (nSPS) is 13.5. The fourth-order valence-electron chi connectivity index (χ4n) is 17.6. The van der Waals surface area contributed by atoms with E-state index in [0.717, 1.165) is 125 Å². The number of aryl methyl sites for hydroxylation is 3. The van der Waals surface area contributed by atoms with Gasteiger partial charge < -0.3 is 20.6 Å². The van der Waals surface area contributed by atoms with E-state index in [1.165, 1.54) is 116 Å². The number of benzene rings is 17. The van der Waals surface area contributed by atoms with Crippen LogP contribution in [0.1, 0.15) is 91.3 Å². The second kappa shape index (κ2) is 43.0. The maximum absolute atomic E-state index is 12.1. The molecule has 4 aliphatic rings. The number of nitrogens with two attached hydrogens (primary N) is 1. The monoisotopic (exact) mass is 1950 g/mol. The van der Waals surface area contributed by atoms with Crippen molar-refractivity contribution < 1.29 is 14.4 Å². The molecule has 3 aliphatic carbocycles. The van der Waals surface area contributed by atoms with E-state index < -0.39 is 0 Å². The van der Waals surface area contributed by atoms with Crippen LogP contribution in [0.2, 0.25) is 0 Å². The highest BCUT2D eigenvalue weighted by molar-refractivity contribution is 9.11. The lowest BCUT2D eigenvalue weighted by Gasteiger charge is -2.33. The summed E-state index contributed by atoms with van der Waals surface area (Å²) in [5, 5.41) is 19.3. The first-order valence-electron chi connectivity index (χ1n) is 44.4. The number of H-pyrrole nitrogens is 1. The third kappa shape index (κ3) is 21.2. The molecule has 1 unspecified atom stereocenters. The van der Waals surface area contributed by atoms with E-state index in [9.17, 15) is 14.4 Å². The lowest BCUT2D eigenvalue weighted by Crippen LogP contribution is -2.32. The van der Waals surface area contributed by atoms with E-state index in [1.807, 2.05) is 146 Å². The molecule has 24 rings (SSSR count). The number of fused-ring (bicyclic) bond motifs is 13. The first-order valence-corrected chi connectivity index (χ1v) is 46.8. The lowest BCUT2D eigenvalue weighted by molar-refractivity contribution is -0.118. The molecule has 5 N–H and O–H groups in total. The van der Waals surface area contributed by atoms with Gasteiger partial charge in [-0.25, -0.2) is 9.97 Å². The Kier molecular flexibility index (Phi) is 29.2. The molecule has 17 aromatic carbocycles. The Labute approximate surface area is 810 Å². The molecule has 0 spiro atoms. The van der Waals surface area contributed by atoms with E-state index in [-0.39, 0.29) is 30.1 Å². The highest BCUT2D eigenvalue weighted by Crippen LogP contribution is 2.45. The molecular formula is C119H92Br3ClN8O3. The van der Waals surface area contributed by atoms with Gasteiger partial charge in [-0.15, -0.1) is 12.4 Å². The van der Waals surface area contributed by atoms with E-state index >= 15 is 0 Å². The number of amidine groups is 2. The van der Waals surface area contributed by atoms with Crippen LogP contribution in [0, 0.1) is 5.41 Å². The number of aldehydes is 1. The van der Waals surface area contributed by atoms with E-state index in [1.54, 1.807) is 24.3 Å². The number of nitrogen functional groups attached to an aromatic ring is 1. The summed E-state index contributed by atoms with van der Waals surface area (Å²) in [6.07, 6.45) is 8.72. The summed E-state index contributed by atoms with van der Waals surface area (Å²) in [5.74, 6) is 2.42. The molecule has 3 aromatic heterocycles. The molecule has 0 bridgehead atoms. The van der Waals surface area contributed by atoms with Gasteiger partial charge in [0, 0.05) is 121 Å².